The molecule has 1 fully saturated rings. The zero-order valence-electron chi connectivity index (χ0n) is 5.22. The normalized spacial score (nSPS) is 46.1. The summed E-state index contributed by atoms with van der Waals surface area (Å²) >= 11 is 0. The molecule has 48 valence electrons. The topological polar surface area (TPSA) is 46.2 Å². The van der Waals surface area contributed by atoms with Crippen LogP contribution in [0.5, 0.6) is 0 Å². The van der Waals surface area contributed by atoms with E-state index in [1.807, 2.05) is 6.92 Å². The second-order valence-corrected chi connectivity index (χ2v) is 2.92. The summed E-state index contributed by atoms with van der Waals surface area (Å²) < 4.78 is 0. The molecular formula is C6H13NO. The zero-order chi connectivity index (χ0) is 6.20. The highest BCUT2D eigenvalue weighted by Crippen LogP contribution is 2.34. The van der Waals surface area contributed by atoms with Gasteiger partial charge in [-0.25, -0.2) is 0 Å². The van der Waals surface area contributed by atoms with Crippen molar-refractivity contribution in [1.29, 1.82) is 0 Å². The van der Waals surface area contributed by atoms with Crippen LogP contribution in [0, 0.1) is 5.92 Å². The van der Waals surface area contributed by atoms with Gasteiger partial charge in [-0.15, -0.1) is 0 Å². The lowest BCUT2D eigenvalue weighted by Crippen LogP contribution is -2.53. The molecule has 1 saturated carbocycles. The van der Waals surface area contributed by atoms with Crippen molar-refractivity contribution in [3.8, 4) is 0 Å². The van der Waals surface area contributed by atoms with Crippen molar-refractivity contribution >= 4 is 0 Å². The third-order valence-electron chi connectivity index (χ3n) is 2.18. The molecule has 0 aromatic rings. The first kappa shape index (κ1) is 6.05. The summed E-state index contributed by atoms with van der Waals surface area (Å²) in [7, 11) is 0. The van der Waals surface area contributed by atoms with E-state index >= 15 is 0 Å². The first-order chi connectivity index (χ1) is 3.67. The van der Waals surface area contributed by atoms with Crippen molar-refractivity contribution in [2.45, 2.75) is 25.3 Å². The number of aliphatic hydroxyl groups is 1. The first-order valence-electron chi connectivity index (χ1n) is 3.06. The lowest BCUT2D eigenvalue weighted by atomic mass is 9.69. The second kappa shape index (κ2) is 1.71. The van der Waals surface area contributed by atoms with Crippen LogP contribution in [0.1, 0.15) is 19.8 Å². The molecule has 0 aliphatic heterocycles. The van der Waals surface area contributed by atoms with Crippen LogP contribution in [0.4, 0.5) is 0 Å². The molecule has 2 nitrogen and oxygen atoms in total. The number of hydrogen-bond donors (Lipinski definition) is 2. The van der Waals surface area contributed by atoms with Gasteiger partial charge in [0.1, 0.15) is 0 Å². The summed E-state index contributed by atoms with van der Waals surface area (Å²) in [6, 6.07) is 0. The van der Waals surface area contributed by atoms with Gasteiger partial charge in [-0.3, -0.25) is 0 Å². The molecule has 0 saturated heterocycles. The lowest BCUT2D eigenvalue weighted by molar-refractivity contribution is 0.0750. The van der Waals surface area contributed by atoms with Gasteiger partial charge in [-0.2, -0.15) is 0 Å². The highest BCUT2D eigenvalue weighted by Gasteiger charge is 2.38. The van der Waals surface area contributed by atoms with Gasteiger partial charge >= 0.3 is 0 Å². The maximum atomic E-state index is 8.64. The molecule has 0 aromatic carbocycles. The number of hydrogen-bond acceptors (Lipinski definition) is 2. The third kappa shape index (κ3) is 0.740. The largest absolute Gasteiger partial charge is 0.396 e. The van der Waals surface area contributed by atoms with E-state index in [-0.39, 0.29) is 12.1 Å². The van der Waals surface area contributed by atoms with E-state index in [1.165, 1.54) is 0 Å². The quantitative estimate of drug-likeness (QED) is 0.509. The predicted octanol–water partition coefficient (Wildman–Crippen LogP) is 0.106. The molecule has 1 aliphatic rings. The van der Waals surface area contributed by atoms with Crippen LogP contribution in [0.25, 0.3) is 0 Å². The summed E-state index contributed by atoms with van der Waals surface area (Å²) in [5, 5.41) is 8.64. The second-order valence-electron chi connectivity index (χ2n) is 2.92. The van der Waals surface area contributed by atoms with Crippen LogP contribution in [0.15, 0.2) is 0 Å². The van der Waals surface area contributed by atoms with Crippen LogP contribution in [0.3, 0.4) is 0 Å². The molecule has 1 aliphatic carbocycles. The van der Waals surface area contributed by atoms with Crippen molar-refractivity contribution in [2.24, 2.45) is 11.7 Å². The Bertz CT molecular complexity index is 88.5. The Morgan fingerprint density at radius 3 is 2.50 bits per heavy atom. The Labute approximate surface area is 49.7 Å². The molecule has 1 rings (SSSR count). The van der Waals surface area contributed by atoms with Gasteiger partial charge < -0.3 is 10.8 Å². The molecule has 2 heteroatoms. The minimum atomic E-state index is -0.0608. The van der Waals surface area contributed by atoms with E-state index in [9.17, 15) is 0 Å². The minimum Gasteiger partial charge on any atom is -0.396 e. The highest BCUT2D eigenvalue weighted by atomic mass is 16.3. The average molecular weight is 115 g/mol. The summed E-state index contributed by atoms with van der Waals surface area (Å²) in [4.78, 5) is 0. The maximum Gasteiger partial charge on any atom is 0.0476 e. The van der Waals surface area contributed by atoms with Gasteiger partial charge in [0.15, 0.2) is 0 Å². The van der Waals surface area contributed by atoms with E-state index in [4.69, 9.17) is 10.8 Å². The molecule has 0 amide bonds. The summed E-state index contributed by atoms with van der Waals surface area (Å²) in [5.41, 5.74) is 5.66. The summed E-state index contributed by atoms with van der Waals surface area (Å²) in [6.45, 7) is 2.25. The Kier molecular flexibility index (Phi) is 1.29. The van der Waals surface area contributed by atoms with Crippen LogP contribution in [0.2, 0.25) is 0 Å². The molecule has 0 bridgehead atoms. The Morgan fingerprint density at radius 1 is 1.88 bits per heavy atom. The van der Waals surface area contributed by atoms with E-state index in [1.54, 1.807) is 0 Å². The smallest absolute Gasteiger partial charge is 0.0476 e. The summed E-state index contributed by atoms with van der Waals surface area (Å²) in [5.74, 6) is 0.363. The highest BCUT2D eigenvalue weighted by molar-refractivity contribution is 4.95. The van der Waals surface area contributed by atoms with Gasteiger partial charge in [-0.05, 0) is 25.7 Å². The third-order valence-corrected chi connectivity index (χ3v) is 2.18. The van der Waals surface area contributed by atoms with Gasteiger partial charge in [0, 0.05) is 12.1 Å². The summed E-state index contributed by atoms with van der Waals surface area (Å²) in [6.07, 6.45) is 2.17. The van der Waals surface area contributed by atoms with E-state index < -0.39 is 0 Å². The zero-order valence-corrected chi connectivity index (χ0v) is 5.22. The SMILES string of the molecule is C[C@]1(N)CC[C@H]1CO. The monoisotopic (exact) mass is 115 g/mol. The number of nitrogens with two attached hydrogens (primary N) is 1. The lowest BCUT2D eigenvalue weighted by Gasteiger charge is -2.43. The van der Waals surface area contributed by atoms with Gasteiger partial charge in [0.05, 0.1) is 0 Å². The molecule has 0 spiro atoms. The molecule has 0 unspecified atom stereocenters. The fraction of sp³-hybridized carbons (Fsp3) is 1.00. The van der Waals surface area contributed by atoms with Crippen molar-refractivity contribution in [2.75, 3.05) is 6.61 Å². The fourth-order valence-corrected chi connectivity index (χ4v) is 1.10. The van der Waals surface area contributed by atoms with Crippen molar-refractivity contribution in [3.05, 3.63) is 0 Å². The Hall–Kier alpha value is -0.0800. The number of rotatable bonds is 1. The predicted molar refractivity (Wildman–Crippen MR) is 32.4 cm³/mol. The molecule has 0 aromatic heterocycles. The van der Waals surface area contributed by atoms with Gasteiger partial charge in [-0.1, -0.05) is 0 Å². The first-order valence-corrected chi connectivity index (χ1v) is 3.06. The Balaban J connectivity index is 2.37. The van der Waals surface area contributed by atoms with Crippen molar-refractivity contribution < 1.29 is 5.11 Å². The standard InChI is InChI=1S/C6H13NO/c1-6(7)3-2-5(6)4-8/h5,8H,2-4,7H2,1H3/t5-,6-/m0/s1. The van der Waals surface area contributed by atoms with Crippen LogP contribution in [-0.4, -0.2) is 17.3 Å². The van der Waals surface area contributed by atoms with E-state index in [0.29, 0.717) is 5.92 Å². The van der Waals surface area contributed by atoms with Gasteiger partial charge in [0.2, 0.25) is 0 Å². The fourth-order valence-electron chi connectivity index (χ4n) is 1.10. The molecule has 8 heavy (non-hydrogen) atoms. The van der Waals surface area contributed by atoms with Crippen LogP contribution in [-0.2, 0) is 0 Å². The molecule has 3 N–H and O–H groups in total. The molecule has 0 radical (unpaired) electrons. The average Bonchev–Trinajstić information content (AvgIpc) is 1.66. The Morgan fingerprint density at radius 2 is 2.50 bits per heavy atom. The molecule has 0 heterocycles. The van der Waals surface area contributed by atoms with Gasteiger partial charge in [0.25, 0.3) is 0 Å². The molecular weight excluding hydrogens is 102 g/mol. The van der Waals surface area contributed by atoms with Crippen LogP contribution < -0.4 is 5.73 Å². The maximum absolute atomic E-state index is 8.64. The minimum absolute atomic E-state index is 0.0608. The number of aliphatic hydroxyl groups excluding tert-OH is 1. The van der Waals surface area contributed by atoms with Crippen molar-refractivity contribution in [1.82, 2.24) is 0 Å². The van der Waals surface area contributed by atoms with Crippen LogP contribution >= 0.6 is 0 Å². The van der Waals surface area contributed by atoms with Crippen molar-refractivity contribution in [3.63, 3.8) is 0 Å². The molecule has 2 atom stereocenters. The van der Waals surface area contributed by atoms with E-state index in [2.05, 4.69) is 0 Å². The van der Waals surface area contributed by atoms with E-state index in [0.717, 1.165) is 12.8 Å².